The molecule has 3 rings (SSSR count). The number of amides is 1. The Morgan fingerprint density at radius 1 is 1.15 bits per heavy atom. The summed E-state index contributed by atoms with van der Waals surface area (Å²) in [6.45, 7) is 3.98. The van der Waals surface area contributed by atoms with Gasteiger partial charge in [-0.1, -0.05) is 18.2 Å². The van der Waals surface area contributed by atoms with Crippen molar-refractivity contribution >= 4 is 23.2 Å². The molecular formula is C16H17N3O. The minimum Gasteiger partial charge on any atom is -0.311 e. The lowest BCUT2D eigenvalue weighted by molar-refractivity contribution is -0.112. The van der Waals surface area contributed by atoms with Crippen LogP contribution in [0.3, 0.4) is 0 Å². The summed E-state index contributed by atoms with van der Waals surface area (Å²) in [5, 5.41) is 4.40. The van der Waals surface area contributed by atoms with Crippen molar-refractivity contribution in [3.8, 4) is 0 Å². The fourth-order valence-corrected chi connectivity index (χ4v) is 2.68. The molecule has 4 nitrogen and oxygen atoms in total. The second kappa shape index (κ2) is 4.34. The molecule has 0 fully saturated rings. The summed E-state index contributed by atoms with van der Waals surface area (Å²) in [7, 11) is 3.73. The number of rotatable bonds is 1. The van der Waals surface area contributed by atoms with Crippen LogP contribution in [0.4, 0.5) is 5.69 Å². The van der Waals surface area contributed by atoms with Crippen molar-refractivity contribution in [3.05, 3.63) is 46.8 Å². The molecule has 0 unspecified atom stereocenters. The largest absolute Gasteiger partial charge is 0.311 e. The minimum atomic E-state index is 0.0360. The molecule has 1 aliphatic rings. The predicted molar refractivity (Wildman–Crippen MR) is 80.4 cm³/mol. The predicted octanol–water partition coefficient (Wildman–Crippen LogP) is 2.55. The van der Waals surface area contributed by atoms with Gasteiger partial charge in [-0.15, -0.1) is 0 Å². The van der Waals surface area contributed by atoms with Crippen LogP contribution >= 0.6 is 0 Å². The lowest BCUT2D eigenvalue weighted by Gasteiger charge is -2.07. The molecule has 0 N–H and O–H groups in total. The van der Waals surface area contributed by atoms with Crippen LogP contribution in [0.5, 0.6) is 0 Å². The molecule has 1 aliphatic heterocycles. The van der Waals surface area contributed by atoms with E-state index >= 15 is 0 Å². The van der Waals surface area contributed by atoms with Crippen molar-refractivity contribution in [1.29, 1.82) is 0 Å². The van der Waals surface area contributed by atoms with Gasteiger partial charge in [-0.2, -0.15) is 5.10 Å². The van der Waals surface area contributed by atoms with Gasteiger partial charge in [0.1, 0.15) is 0 Å². The molecule has 2 heterocycles. The van der Waals surface area contributed by atoms with Crippen LogP contribution in [0.2, 0.25) is 0 Å². The third-order valence-electron chi connectivity index (χ3n) is 3.94. The minimum absolute atomic E-state index is 0.0360. The van der Waals surface area contributed by atoms with Crippen LogP contribution < -0.4 is 4.90 Å². The van der Waals surface area contributed by atoms with E-state index in [2.05, 4.69) is 5.10 Å². The Bertz CT molecular complexity index is 740. The summed E-state index contributed by atoms with van der Waals surface area (Å²) < 4.78 is 1.84. The van der Waals surface area contributed by atoms with Crippen LogP contribution in [0, 0.1) is 13.8 Å². The van der Waals surface area contributed by atoms with Crippen LogP contribution in [0.1, 0.15) is 22.5 Å². The highest BCUT2D eigenvalue weighted by Crippen LogP contribution is 2.37. The van der Waals surface area contributed by atoms with E-state index in [4.69, 9.17) is 0 Å². The van der Waals surface area contributed by atoms with E-state index in [0.29, 0.717) is 0 Å². The fourth-order valence-electron chi connectivity index (χ4n) is 2.68. The molecule has 0 aliphatic carbocycles. The first-order valence-corrected chi connectivity index (χ1v) is 6.60. The molecule has 1 aromatic heterocycles. The number of likely N-dealkylation sites (N-methyl/N-ethyl adjacent to an activating group) is 1. The van der Waals surface area contributed by atoms with E-state index in [1.54, 1.807) is 4.90 Å². The van der Waals surface area contributed by atoms with E-state index in [-0.39, 0.29) is 5.91 Å². The maximum atomic E-state index is 12.4. The molecule has 0 spiro atoms. The van der Waals surface area contributed by atoms with Gasteiger partial charge in [0.15, 0.2) is 0 Å². The fraction of sp³-hybridized carbons (Fsp3) is 0.250. The molecule has 2 aromatic rings. The lowest BCUT2D eigenvalue weighted by atomic mass is 10.0. The first-order chi connectivity index (χ1) is 9.50. The van der Waals surface area contributed by atoms with E-state index in [9.17, 15) is 4.79 Å². The summed E-state index contributed by atoms with van der Waals surface area (Å²) in [6, 6.07) is 7.87. The summed E-state index contributed by atoms with van der Waals surface area (Å²) in [5.41, 5.74) is 5.72. The monoisotopic (exact) mass is 267 g/mol. The second-order valence-electron chi connectivity index (χ2n) is 5.15. The number of carbonyl (C=O) groups is 1. The Hall–Kier alpha value is -2.36. The van der Waals surface area contributed by atoms with Gasteiger partial charge in [0.05, 0.1) is 11.4 Å². The highest BCUT2D eigenvalue weighted by molar-refractivity contribution is 6.35. The average Bonchev–Trinajstić information content (AvgIpc) is 2.82. The van der Waals surface area contributed by atoms with Crippen LogP contribution in [0.15, 0.2) is 24.3 Å². The molecule has 20 heavy (non-hydrogen) atoms. The Balaban J connectivity index is 2.20. The number of nitrogens with zero attached hydrogens (tertiary/aromatic N) is 3. The summed E-state index contributed by atoms with van der Waals surface area (Å²) in [6.07, 6.45) is 1.96. The number of hydrogen-bond donors (Lipinski definition) is 0. The maximum absolute atomic E-state index is 12.4. The number of carbonyl (C=O) groups excluding carboxylic acids is 1. The van der Waals surface area contributed by atoms with Gasteiger partial charge in [-0.3, -0.25) is 9.48 Å². The highest BCUT2D eigenvalue weighted by Gasteiger charge is 2.29. The molecule has 102 valence electrons. The lowest BCUT2D eigenvalue weighted by Crippen LogP contribution is -2.20. The molecule has 1 aromatic carbocycles. The summed E-state index contributed by atoms with van der Waals surface area (Å²) in [5.74, 6) is 0.0360. The number of aryl methyl sites for hydroxylation is 2. The zero-order valence-corrected chi connectivity index (χ0v) is 12.1. The number of fused-ring (bicyclic) bond motifs is 1. The average molecular weight is 267 g/mol. The Labute approximate surface area is 118 Å². The van der Waals surface area contributed by atoms with E-state index in [1.807, 2.05) is 63.0 Å². The topological polar surface area (TPSA) is 38.1 Å². The van der Waals surface area contributed by atoms with Crippen molar-refractivity contribution < 1.29 is 4.79 Å². The highest BCUT2D eigenvalue weighted by atomic mass is 16.2. The Morgan fingerprint density at radius 3 is 2.50 bits per heavy atom. The van der Waals surface area contributed by atoms with Gasteiger partial charge in [0, 0.05) is 36.5 Å². The summed E-state index contributed by atoms with van der Waals surface area (Å²) in [4.78, 5) is 14.1. The van der Waals surface area contributed by atoms with Crippen molar-refractivity contribution in [1.82, 2.24) is 9.78 Å². The number of para-hydroxylation sites is 1. The standard InChI is InChI=1S/C16H17N3O/c1-10-13(11(2)19(4)17-10)9-14-12-7-5-6-8-15(12)18(3)16(14)20/h5-9H,1-4H3. The number of anilines is 1. The van der Waals surface area contributed by atoms with Gasteiger partial charge < -0.3 is 4.90 Å². The van der Waals surface area contributed by atoms with Gasteiger partial charge in [-0.05, 0) is 26.0 Å². The first-order valence-electron chi connectivity index (χ1n) is 6.60. The smallest absolute Gasteiger partial charge is 0.258 e. The van der Waals surface area contributed by atoms with Gasteiger partial charge in [0.2, 0.25) is 0 Å². The van der Waals surface area contributed by atoms with E-state index in [0.717, 1.165) is 33.8 Å². The van der Waals surface area contributed by atoms with Crippen LogP contribution in [0.25, 0.3) is 11.6 Å². The Kier molecular flexibility index (Phi) is 2.74. The molecule has 0 atom stereocenters. The van der Waals surface area contributed by atoms with Crippen molar-refractivity contribution in [2.45, 2.75) is 13.8 Å². The van der Waals surface area contributed by atoms with Crippen molar-refractivity contribution in [2.75, 3.05) is 11.9 Å². The third-order valence-corrected chi connectivity index (χ3v) is 3.94. The maximum Gasteiger partial charge on any atom is 0.258 e. The van der Waals surface area contributed by atoms with Gasteiger partial charge in [0.25, 0.3) is 5.91 Å². The zero-order valence-electron chi connectivity index (χ0n) is 12.1. The molecule has 1 amide bonds. The number of benzene rings is 1. The van der Waals surface area contributed by atoms with E-state index < -0.39 is 0 Å². The molecule has 0 saturated heterocycles. The van der Waals surface area contributed by atoms with Crippen molar-refractivity contribution in [2.24, 2.45) is 7.05 Å². The quantitative estimate of drug-likeness (QED) is 0.745. The van der Waals surface area contributed by atoms with Crippen LogP contribution in [-0.4, -0.2) is 22.7 Å². The zero-order chi connectivity index (χ0) is 14.4. The molecular weight excluding hydrogens is 250 g/mol. The van der Waals surface area contributed by atoms with Gasteiger partial charge >= 0.3 is 0 Å². The molecule has 0 bridgehead atoms. The third kappa shape index (κ3) is 1.68. The number of hydrogen-bond acceptors (Lipinski definition) is 2. The van der Waals surface area contributed by atoms with E-state index in [1.165, 1.54) is 0 Å². The van der Waals surface area contributed by atoms with Crippen molar-refractivity contribution in [3.63, 3.8) is 0 Å². The molecule has 0 radical (unpaired) electrons. The molecule has 0 saturated carbocycles. The molecule has 4 heteroatoms. The number of aromatic nitrogens is 2. The second-order valence-corrected chi connectivity index (χ2v) is 5.15. The Morgan fingerprint density at radius 2 is 1.85 bits per heavy atom. The normalized spacial score (nSPS) is 16.1. The first kappa shape index (κ1) is 12.7. The van der Waals surface area contributed by atoms with Gasteiger partial charge in [-0.25, -0.2) is 0 Å². The SMILES string of the molecule is Cc1nn(C)c(C)c1C=C1C(=O)N(C)c2ccccc21. The van der Waals surface area contributed by atoms with Crippen LogP contribution in [-0.2, 0) is 11.8 Å². The summed E-state index contributed by atoms with van der Waals surface area (Å²) >= 11 is 0.